The summed E-state index contributed by atoms with van der Waals surface area (Å²) < 4.78 is 26.9. The van der Waals surface area contributed by atoms with Gasteiger partial charge in [-0.1, -0.05) is 0 Å². The largest absolute Gasteiger partial charge is 0.326 e. The van der Waals surface area contributed by atoms with Crippen molar-refractivity contribution in [2.45, 2.75) is 51.2 Å². The molecule has 0 amide bonds. The van der Waals surface area contributed by atoms with Crippen LogP contribution in [0.25, 0.3) is 0 Å². The lowest BCUT2D eigenvalue weighted by Gasteiger charge is -2.47. The van der Waals surface area contributed by atoms with Gasteiger partial charge < -0.3 is 5.73 Å². The van der Waals surface area contributed by atoms with Crippen molar-refractivity contribution >= 4 is 0 Å². The van der Waals surface area contributed by atoms with Crippen LogP contribution in [0.15, 0.2) is 18.2 Å². The smallest absolute Gasteiger partial charge is 0.126 e. The van der Waals surface area contributed by atoms with Crippen molar-refractivity contribution in [2.24, 2.45) is 5.73 Å². The number of benzene rings is 1. The molecule has 0 spiro atoms. The van der Waals surface area contributed by atoms with E-state index in [1.54, 1.807) is 0 Å². The minimum absolute atomic E-state index is 0.0779. The van der Waals surface area contributed by atoms with Crippen LogP contribution >= 0.6 is 0 Å². The van der Waals surface area contributed by atoms with Gasteiger partial charge in [0, 0.05) is 17.6 Å². The highest BCUT2D eigenvalue weighted by Crippen LogP contribution is 2.35. The van der Waals surface area contributed by atoms with Crippen LogP contribution in [0.4, 0.5) is 8.78 Å². The molecular formula is C15H22F2N2. The molecule has 1 aliphatic heterocycles. The Morgan fingerprint density at radius 1 is 1.16 bits per heavy atom. The van der Waals surface area contributed by atoms with Crippen molar-refractivity contribution in [3.8, 4) is 0 Å². The van der Waals surface area contributed by atoms with Crippen LogP contribution in [0.2, 0.25) is 0 Å². The van der Waals surface area contributed by atoms with Crippen LogP contribution in [-0.2, 0) is 0 Å². The van der Waals surface area contributed by atoms with E-state index in [1.165, 1.54) is 12.1 Å². The van der Waals surface area contributed by atoms with Gasteiger partial charge in [0.15, 0.2) is 0 Å². The molecule has 2 atom stereocenters. The summed E-state index contributed by atoms with van der Waals surface area (Å²) >= 11 is 0. The van der Waals surface area contributed by atoms with Gasteiger partial charge in [0.05, 0.1) is 6.04 Å². The van der Waals surface area contributed by atoms with E-state index >= 15 is 0 Å². The summed E-state index contributed by atoms with van der Waals surface area (Å²) in [7, 11) is 0. The van der Waals surface area contributed by atoms with Crippen molar-refractivity contribution in [3.05, 3.63) is 35.4 Å². The summed E-state index contributed by atoms with van der Waals surface area (Å²) in [5.74, 6) is -1.08. The maximum atomic E-state index is 13.4. The molecule has 2 rings (SSSR count). The minimum Gasteiger partial charge on any atom is -0.326 e. The maximum absolute atomic E-state index is 13.4. The van der Waals surface area contributed by atoms with E-state index in [0.29, 0.717) is 5.56 Å². The first kappa shape index (κ1) is 14.4. The number of halogens is 2. The molecule has 0 saturated carbocycles. The third-order valence-corrected chi connectivity index (χ3v) is 3.77. The van der Waals surface area contributed by atoms with Crippen LogP contribution in [0.1, 0.15) is 45.2 Å². The third-order valence-electron chi connectivity index (χ3n) is 3.77. The van der Waals surface area contributed by atoms with E-state index in [2.05, 4.69) is 25.7 Å². The fraction of sp³-hybridized carbons (Fsp3) is 0.600. The van der Waals surface area contributed by atoms with Gasteiger partial charge in [0.2, 0.25) is 0 Å². The topological polar surface area (TPSA) is 29.3 Å². The number of likely N-dealkylation sites (tertiary alicyclic amines) is 1. The van der Waals surface area contributed by atoms with Gasteiger partial charge in [-0.15, -0.1) is 0 Å². The van der Waals surface area contributed by atoms with Crippen LogP contribution < -0.4 is 5.73 Å². The monoisotopic (exact) mass is 268 g/mol. The molecule has 4 heteroatoms. The summed E-state index contributed by atoms with van der Waals surface area (Å²) in [6, 6.07) is 3.49. The maximum Gasteiger partial charge on any atom is 0.126 e. The zero-order valence-electron chi connectivity index (χ0n) is 11.8. The molecule has 2 N–H and O–H groups in total. The Balaban J connectivity index is 2.41. The summed E-state index contributed by atoms with van der Waals surface area (Å²) in [5.41, 5.74) is 6.77. The summed E-state index contributed by atoms with van der Waals surface area (Å²) in [6.07, 6.45) is 1.90. The highest BCUT2D eigenvalue weighted by Gasteiger charge is 2.36. The molecule has 1 heterocycles. The van der Waals surface area contributed by atoms with Crippen molar-refractivity contribution < 1.29 is 8.78 Å². The molecule has 1 saturated heterocycles. The first-order chi connectivity index (χ1) is 8.79. The average molecular weight is 268 g/mol. The summed E-state index contributed by atoms with van der Waals surface area (Å²) in [5, 5.41) is 0. The number of nitrogens with zero attached hydrogens (tertiary/aromatic N) is 1. The third kappa shape index (κ3) is 3.12. The first-order valence-electron chi connectivity index (χ1n) is 6.77. The standard InChI is InChI=1S/C15H22F2N2/c1-15(2,3)19-6-4-5-13(18)14(19)10-7-11(16)9-12(17)8-10/h7-9,13-14H,4-6,18H2,1-3H3. The lowest BCUT2D eigenvalue weighted by Crippen LogP contribution is -2.53. The quantitative estimate of drug-likeness (QED) is 0.847. The van der Waals surface area contributed by atoms with Crippen molar-refractivity contribution in [1.82, 2.24) is 4.90 Å². The number of nitrogens with two attached hydrogens (primary N) is 1. The van der Waals surface area contributed by atoms with Gasteiger partial charge in [-0.2, -0.15) is 0 Å². The number of hydrogen-bond acceptors (Lipinski definition) is 2. The molecule has 1 aliphatic rings. The van der Waals surface area contributed by atoms with Crippen LogP contribution in [0.3, 0.4) is 0 Å². The van der Waals surface area contributed by atoms with Crippen LogP contribution in [-0.4, -0.2) is 23.0 Å². The SMILES string of the molecule is CC(C)(C)N1CCCC(N)C1c1cc(F)cc(F)c1. The number of hydrogen-bond donors (Lipinski definition) is 1. The predicted molar refractivity (Wildman–Crippen MR) is 72.8 cm³/mol. The van der Waals surface area contributed by atoms with E-state index in [0.717, 1.165) is 25.5 Å². The highest BCUT2D eigenvalue weighted by molar-refractivity contribution is 5.24. The Bertz CT molecular complexity index is 434. The molecule has 2 nitrogen and oxygen atoms in total. The van der Waals surface area contributed by atoms with Crippen molar-refractivity contribution in [1.29, 1.82) is 0 Å². The lowest BCUT2D eigenvalue weighted by atomic mass is 9.87. The van der Waals surface area contributed by atoms with Gasteiger partial charge in [-0.3, -0.25) is 4.90 Å². The van der Waals surface area contributed by atoms with Crippen LogP contribution in [0, 0.1) is 11.6 Å². The lowest BCUT2D eigenvalue weighted by molar-refractivity contribution is 0.0381. The average Bonchev–Trinajstić information content (AvgIpc) is 2.25. The number of rotatable bonds is 1. The van der Waals surface area contributed by atoms with E-state index < -0.39 is 11.6 Å². The van der Waals surface area contributed by atoms with Gasteiger partial charge in [-0.25, -0.2) is 8.78 Å². The molecule has 19 heavy (non-hydrogen) atoms. The molecule has 0 aliphatic carbocycles. The minimum atomic E-state index is -0.540. The van der Waals surface area contributed by atoms with E-state index in [4.69, 9.17) is 5.73 Å². The molecular weight excluding hydrogens is 246 g/mol. The van der Waals surface area contributed by atoms with Gasteiger partial charge >= 0.3 is 0 Å². The van der Waals surface area contributed by atoms with E-state index in [-0.39, 0.29) is 17.6 Å². The van der Waals surface area contributed by atoms with E-state index in [1.807, 2.05) is 0 Å². The zero-order valence-corrected chi connectivity index (χ0v) is 11.8. The Hall–Kier alpha value is -1.00. The second kappa shape index (κ2) is 5.17. The van der Waals surface area contributed by atoms with Gasteiger partial charge in [-0.05, 0) is 57.9 Å². The fourth-order valence-electron chi connectivity index (χ4n) is 2.95. The fourth-order valence-corrected chi connectivity index (χ4v) is 2.95. The molecule has 0 radical (unpaired) electrons. The molecule has 1 fully saturated rings. The Morgan fingerprint density at radius 3 is 2.26 bits per heavy atom. The highest BCUT2D eigenvalue weighted by atomic mass is 19.1. The molecule has 1 aromatic carbocycles. The molecule has 0 bridgehead atoms. The van der Waals surface area contributed by atoms with Crippen molar-refractivity contribution in [2.75, 3.05) is 6.54 Å². The normalized spacial score (nSPS) is 25.6. The second-order valence-electron chi connectivity index (χ2n) is 6.32. The molecule has 0 aromatic heterocycles. The first-order valence-corrected chi connectivity index (χ1v) is 6.77. The van der Waals surface area contributed by atoms with Crippen molar-refractivity contribution in [3.63, 3.8) is 0 Å². The van der Waals surface area contributed by atoms with E-state index in [9.17, 15) is 8.78 Å². The zero-order chi connectivity index (χ0) is 14.2. The molecule has 1 aromatic rings. The molecule has 2 unspecified atom stereocenters. The Kier molecular flexibility index (Phi) is 3.92. The summed E-state index contributed by atoms with van der Waals surface area (Å²) in [6.45, 7) is 7.22. The Labute approximate surface area is 113 Å². The second-order valence-corrected chi connectivity index (χ2v) is 6.32. The Morgan fingerprint density at radius 2 is 1.74 bits per heavy atom. The predicted octanol–water partition coefficient (Wildman–Crippen LogP) is 3.23. The number of piperidine rings is 1. The summed E-state index contributed by atoms with van der Waals surface area (Å²) in [4.78, 5) is 2.25. The van der Waals surface area contributed by atoms with Gasteiger partial charge in [0.1, 0.15) is 11.6 Å². The van der Waals surface area contributed by atoms with Gasteiger partial charge in [0.25, 0.3) is 0 Å². The van der Waals surface area contributed by atoms with Crippen LogP contribution in [0.5, 0.6) is 0 Å². The molecule has 106 valence electrons.